The SMILES string of the molecule is O=C(O)CCCN(CCN(CP(=O)(O)O)CP(=O)(O)O)[C@@H](CC(=O)O)C(=O)O. The van der Waals surface area contributed by atoms with E-state index in [4.69, 9.17) is 29.8 Å². The van der Waals surface area contributed by atoms with Gasteiger partial charge in [0.1, 0.15) is 18.6 Å². The van der Waals surface area contributed by atoms with E-state index in [1.807, 2.05) is 0 Å². The van der Waals surface area contributed by atoms with Gasteiger partial charge in [0.05, 0.1) is 6.42 Å². The molecule has 0 amide bonds. The molecule has 0 fully saturated rings. The van der Waals surface area contributed by atoms with Crippen LogP contribution >= 0.6 is 15.2 Å². The molecule has 0 aromatic carbocycles. The summed E-state index contributed by atoms with van der Waals surface area (Å²) in [5, 5.41) is 26.8. The van der Waals surface area contributed by atoms with Crippen molar-refractivity contribution in [2.75, 3.05) is 32.2 Å². The number of hydrogen-bond acceptors (Lipinski definition) is 7. The second kappa shape index (κ2) is 11.6. The molecular formula is C12H24N2O12P2. The van der Waals surface area contributed by atoms with E-state index in [0.29, 0.717) is 0 Å². The van der Waals surface area contributed by atoms with Crippen molar-refractivity contribution in [1.29, 1.82) is 0 Å². The van der Waals surface area contributed by atoms with Crippen LogP contribution in [0.25, 0.3) is 0 Å². The van der Waals surface area contributed by atoms with Crippen LogP contribution in [-0.4, -0.2) is 101 Å². The van der Waals surface area contributed by atoms with Crippen molar-refractivity contribution in [3.8, 4) is 0 Å². The van der Waals surface area contributed by atoms with E-state index in [-0.39, 0.29) is 25.9 Å². The molecule has 0 saturated carbocycles. The summed E-state index contributed by atoms with van der Waals surface area (Å²) in [6, 6.07) is -1.56. The molecule has 28 heavy (non-hydrogen) atoms. The van der Waals surface area contributed by atoms with Crippen LogP contribution in [0.2, 0.25) is 0 Å². The minimum atomic E-state index is -4.69. The summed E-state index contributed by atoms with van der Waals surface area (Å²) in [5.74, 6) is -4.10. The number of carbonyl (C=O) groups is 3. The molecule has 16 heteroatoms. The number of nitrogens with zero attached hydrogens (tertiary/aromatic N) is 2. The summed E-state index contributed by atoms with van der Waals surface area (Å²) < 4.78 is 22.3. The van der Waals surface area contributed by atoms with Crippen molar-refractivity contribution in [2.24, 2.45) is 0 Å². The van der Waals surface area contributed by atoms with E-state index in [9.17, 15) is 28.6 Å². The van der Waals surface area contributed by atoms with E-state index < -0.39 is 64.7 Å². The maximum atomic E-state index is 11.4. The molecule has 0 aliphatic carbocycles. The fourth-order valence-corrected chi connectivity index (χ4v) is 4.05. The highest BCUT2D eigenvalue weighted by Gasteiger charge is 2.30. The third kappa shape index (κ3) is 13.7. The lowest BCUT2D eigenvalue weighted by molar-refractivity contribution is -0.150. The molecular weight excluding hydrogens is 426 g/mol. The van der Waals surface area contributed by atoms with Crippen LogP contribution in [0.4, 0.5) is 0 Å². The lowest BCUT2D eigenvalue weighted by atomic mass is 10.1. The molecule has 7 N–H and O–H groups in total. The van der Waals surface area contributed by atoms with Crippen molar-refractivity contribution in [2.45, 2.75) is 25.3 Å². The van der Waals surface area contributed by atoms with Crippen LogP contribution in [0.1, 0.15) is 19.3 Å². The lowest BCUT2D eigenvalue weighted by Crippen LogP contribution is -2.47. The number of rotatable bonds is 15. The number of carboxylic acid groups (broad SMARTS) is 3. The number of aliphatic carboxylic acids is 3. The zero-order valence-corrected chi connectivity index (χ0v) is 16.5. The fraction of sp³-hybridized carbons (Fsp3) is 0.750. The third-order valence-corrected chi connectivity index (χ3v) is 4.94. The minimum absolute atomic E-state index is 0.0320. The van der Waals surface area contributed by atoms with Gasteiger partial charge in [0.25, 0.3) is 0 Å². The summed E-state index contributed by atoms with van der Waals surface area (Å²) in [6.45, 7) is -0.868. The average Bonchev–Trinajstić information content (AvgIpc) is 2.44. The second-order valence-electron chi connectivity index (χ2n) is 5.99. The monoisotopic (exact) mass is 450 g/mol. The predicted octanol–water partition coefficient (Wildman–Crippen LogP) is -1.35. The maximum absolute atomic E-state index is 11.4. The van der Waals surface area contributed by atoms with Crippen LogP contribution in [0.3, 0.4) is 0 Å². The normalized spacial score (nSPS) is 13.6. The zero-order chi connectivity index (χ0) is 22.1. The Bertz CT molecular complexity index is 621. The predicted molar refractivity (Wildman–Crippen MR) is 92.6 cm³/mol. The first-order chi connectivity index (χ1) is 12.6. The van der Waals surface area contributed by atoms with Gasteiger partial charge in [-0.3, -0.25) is 33.3 Å². The molecule has 0 aliphatic rings. The minimum Gasteiger partial charge on any atom is -0.481 e. The molecule has 0 rings (SSSR count). The lowest BCUT2D eigenvalue weighted by Gasteiger charge is -2.31. The van der Waals surface area contributed by atoms with Gasteiger partial charge in [-0.2, -0.15) is 0 Å². The molecule has 0 unspecified atom stereocenters. The Morgan fingerprint density at radius 1 is 0.786 bits per heavy atom. The Hall–Kier alpha value is -1.37. The number of hydrogen-bond donors (Lipinski definition) is 7. The fourth-order valence-electron chi connectivity index (χ4n) is 2.37. The number of carboxylic acids is 3. The standard InChI is InChI=1S/C12H24N2O12P2/c15-10(16)2-1-3-14(9(12(19)20)6-11(17)18)5-4-13(7-27(21,22)23)8-28(24,25)26/h9H,1-8H2,(H,15,16)(H,17,18)(H,19,20)(H2,21,22,23)(H2,24,25,26)/t9-/m0/s1. The van der Waals surface area contributed by atoms with E-state index in [1.54, 1.807) is 0 Å². The van der Waals surface area contributed by atoms with Gasteiger partial charge in [-0.25, -0.2) is 0 Å². The highest BCUT2D eigenvalue weighted by Crippen LogP contribution is 2.40. The molecule has 0 aromatic heterocycles. The summed E-state index contributed by atoms with van der Waals surface area (Å²) in [4.78, 5) is 70.9. The molecule has 0 heterocycles. The van der Waals surface area contributed by atoms with E-state index >= 15 is 0 Å². The topological polar surface area (TPSA) is 233 Å². The molecule has 0 spiro atoms. The smallest absolute Gasteiger partial charge is 0.339 e. The highest BCUT2D eigenvalue weighted by atomic mass is 31.2. The Morgan fingerprint density at radius 3 is 1.64 bits per heavy atom. The molecule has 14 nitrogen and oxygen atoms in total. The van der Waals surface area contributed by atoms with E-state index in [2.05, 4.69) is 0 Å². The van der Waals surface area contributed by atoms with Gasteiger partial charge >= 0.3 is 33.1 Å². The Labute approximate surface area is 159 Å². The van der Waals surface area contributed by atoms with Gasteiger partial charge in [0.2, 0.25) is 0 Å². The van der Waals surface area contributed by atoms with Gasteiger partial charge in [-0.1, -0.05) is 0 Å². The van der Waals surface area contributed by atoms with E-state index in [0.717, 1.165) is 9.80 Å². The van der Waals surface area contributed by atoms with Crippen LogP contribution < -0.4 is 0 Å². The summed E-state index contributed by atoms with van der Waals surface area (Å²) in [5.41, 5.74) is 0. The molecule has 0 aliphatic heterocycles. The summed E-state index contributed by atoms with van der Waals surface area (Å²) in [7, 11) is -9.38. The molecule has 0 radical (unpaired) electrons. The van der Waals surface area contributed by atoms with Crippen molar-refractivity contribution in [3.05, 3.63) is 0 Å². The summed E-state index contributed by atoms with van der Waals surface area (Å²) in [6.07, 6.45) is -3.19. The largest absolute Gasteiger partial charge is 0.481 e. The van der Waals surface area contributed by atoms with Gasteiger partial charge < -0.3 is 34.9 Å². The van der Waals surface area contributed by atoms with Crippen molar-refractivity contribution in [1.82, 2.24) is 9.80 Å². The first-order valence-corrected chi connectivity index (χ1v) is 11.4. The highest BCUT2D eigenvalue weighted by molar-refractivity contribution is 7.52. The van der Waals surface area contributed by atoms with Crippen LogP contribution in [0.5, 0.6) is 0 Å². The van der Waals surface area contributed by atoms with Crippen molar-refractivity contribution < 1.29 is 58.4 Å². The maximum Gasteiger partial charge on any atom is 0.339 e. The summed E-state index contributed by atoms with van der Waals surface area (Å²) >= 11 is 0. The van der Waals surface area contributed by atoms with Gasteiger partial charge in [0, 0.05) is 19.5 Å². The molecule has 0 bridgehead atoms. The zero-order valence-electron chi connectivity index (χ0n) is 14.7. The molecule has 0 aromatic rings. The third-order valence-electron chi connectivity index (χ3n) is 3.40. The van der Waals surface area contributed by atoms with Gasteiger partial charge in [-0.15, -0.1) is 0 Å². The molecule has 0 saturated heterocycles. The Kier molecular flexibility index (Phi) is 11.0. The Morgan fingerprint density at radius 2 is 1.29 bits per heavy atom. The van der Waals surface area contributed by atoms with Gasteiger partial charge in [0.15, 0.2) is 0 Å². The molecule has 1 atom stereocenters. The average molecular weight is 450 g/mol. The van der Waals surface area contributed by atoms with Crippen LogP contribution in [-0.2, 0) is 23.5 Å². The first kappa shape index (κ1) is 26.6. The van der Waals surface area contributed by atoms with E-state index in [1.165, 1.54) is 0 Å². The van der Waals surface area contributed by atoms with Crippen molar-refractivity contribution >= 4 is 33.1 Å². The first-order valence-electron chi connectivity index (χ1n) is 7.82. The second-order valence-corrected chi connectivity index (χ2v) is 9.22. The Balaban J connectivity index is 5.34. The van der Waals surface area contributed by atoms with Crippen molar-refractivity contribution in [3.63, 3.8) is 0 Å². The van der Waals surface area contributed by atoms with Crippen LogP contribution in [0.15, 0.2) is 0 Å². The van der Waals surface area contributed by atoms with Gasteiger partial charge in [-0.05, 0) is 13.0 Å². The van der Waals surface area contributed by atoms with Crippen LogP contribution in [0, 0.1) is 0 Å². The quantitative estimate of drug-likeness (QED) is 0.143. The molecule has 164 valence electrons.